The first kappa shape index (κ1) is 11.9. The number of ether oxygens (including phenoxy) is 1. The summed E-state index contributed by atoms with van der Waals surface area (Å²) in [4.78, 5) is 5.81. The molecule has 0 saturated heterocycles. The second kappa shape index (κ2) is 5.65. The van der Waals surface area contributed by atoms with Crippen LogP contribution in [0.5, 0.6) is 5.88 Å². The van der Waals surface area contributed by atoms with Crippen LogP contribution in [0, 0.1) is 0 Å². The maximum Gasteiger partial charge on any atom is 0.213 e. The van der Waals surface area contributed by atoms with Gasteiger partial charge in [-0.3, -0.25) is 4.90 Å². The lowest BCUT2D eigenvalue weighted by Gasteiger charge is -2.18. The van der Waals surface area contributed by atoms with Gasteiger partial charge < -0.3 is 15.6 Å². The van der Waals surface area contributed by atoms with Crippen LogP contribution >= 0.6 is 0 Å². The van der Waals surface area contributed by atoms with Crippen LogP contribution in [0.15, 0.2) is 18.2 Å². The summed E-state index contributed by atoms with van der Waals surface area (Å²) >= 11 is 0. The highest BCUT2D eigenvalue weighted by molar-refractivity contribution is 5.15. The molecule has 5 heteroatoms. The zero-order valence-corrected chi connectivity index (χ0v) is 9.05. The van der Waals surface area contributed by atoms with E-state index in [0.717, 1.165) is 5.69 Å². The zero-order chi connectivity index (χ0) is 11.3. The van der Waals surface area contributed by atoms with Crippen LogP contribution in [-0.2, 0) is 6.54 Å². The molecule has 0 radical (unpaired) electrons. The molecule has 0 spiro atoms. The number of aliphatic hydroxyl groups is 1. The van der Waals surface area contributed by atoms with Crippen LogP contribution < -0.4 is 10.5 Å². The third-order valence-electron chi connectivity index (χ3n) is 1.97. The SMILES string of the molecule is CN(C)C(O)COc1cccc(CN)n1. The molecule has 1 heterocycles. The molecule has 0 aromatic carbocycles. The highest BCUT2D eigenvalue weighted by atomic mass is 16.5. The standard InChI is InChI=1S/C10H17N3O2/c1-13(2)10(14)7-15-9-5-3-4-8(6-11)12-9/h3-5,10,14H,6-7,11H2,1-2H3. The van der Waals surface area contributed by atoms with Gasteiger partial charge >= 0.3 is 0 Å². The minimum absolute atomic E-state index is 0.189. The molecule has 1 aromatic heterocycles. The van der Waals surface area contributed by atoms with Crippen LogP contribution in [0.4, 0.5) is 0 Å². The van der Waals surface area contributed by atoms with Crippen molar-refractivity contribution in [2.24, 2.45) is 5.73 Å². The molecule has 1 rings (SSSR count). The summed E-state index contributed by atoms with van der Waals surface area (Å²) < 4.78 is 5.31. The number of hydrogen-bond acceptors (Lipinski definition) is 5. The Kier molecular flexibility index (Phi) is 4.48. The number of pyridine rings is 1. The second-order valence-corrected chi connectivity index (χ2v) is 3.43. The average Bonchev–Trinajstić information content (AvgIpc) is 2.26. The maximum atomic E-state index is 9.46. The predicted octanol–water partition coefficient (Wildman–Crippen LogP) is -0.201. The normalized spacial score (nSPS) is 12.9. The molecule has 1 unspecified atom stereocenters. The fraction of sp³-hybridized carbons (Fsp3) is 0.500. The van der Waals surface area contributed by atoms with Crippen molar-refractivity contribution in [1.29, 1.82) is 0 Å². The van der Waals surface area contributed by atoms with Gasteiger partial charge in [0.2, 0.25) is 5.88 Å². The van der Waals surface area contributed by atoms with E-state index in [0.29, 0.717) is 12.4 Å². The molecule has 0 bridgehead atoms. The molecule has 0 saturated carbocycles. The average molecular weight is 211 g/mol. The van der Waals surface area contributed by atoms with E-state index >= 15 is 0 Å². The van der Waals surface area contributed by atoms with Crippen LogP contribution in [-0.4, -0.2) is 41.9 Å². The molecule has 1 atom stereocenters. The Bertz CT molecular complexity index is 304. The summed E-state index contributed by atoms with van der Waals surface area (Å²) in [5.41, 5.74) is 6.22. The Morgan fingerprint density at radius 3 is 2.87 bits per heavy atom. The highest BCUT2D eigenvalue weighted by Gasteiger charge is 2.07. The number of aliphatic hydroxyl groups excluding tert-OH is 1. The first-order valence-corrected chi connectivity index (χ1v) is 4.76. The first-order valence-electron chi connectivity index (χ1n) is 4.76. The van der Waals surface area contributed by atoms with E-state index in [9.17, 15) is 5.11 Å². The summed E-state index contributed by atoms with van der Waals surface area (Å²) in [6.07, 6.45) is -0.631. The molecule has 5 nitrogen and oxygen atoms in total. The van der Waals surface area contributed by atoms with E-state index in [-0.39, 0.29) is 6.61 Å². The highest BCUT2D eigenvalue weighted by Crippen LogP contribution is 2.07. The number of likely N-dealkylation sites (N-methyl/N-ethyl adjacent to an activating group) is 1. The van der Waals surface area contributed by atoms with Gasteiger partial charge in [0.25, 0.3) is 0 Å². The van der Waals surface area contributed by atoms with Crippen LogP contribution in [0.25, 0.3) is 0 Å². The largest absolute Gasteiger partial charge is 0.473 e. The minimum Gasteiger partial charge on any atom is -0.473 e. The predicted molar refractivity (Wildman–Crippen MR) is 57.3 cm³/mol. The van der Waals surface area contributed by atoms with Crippen LogP contribution in [0.1, 0.15) is 5.69 Å². The lowest BCUT2D eigenvalue weighted by atomic mass is 10.3. The van der Waals surface area contributed by atoms with Gasteiger partial charge in [0.05, 0.1) is 5.69 Å². The van der Waals surface area contributed by atoms with Gasteiger partial charge in [-0.15, -0.1) is 0 Å². The van der Waals surface area contributed by atoms with Gasteiger partial charge in [-0.2, -0.15) is 0 Å². The van der Waals surface area contributed by atoms with Gasteiger partial charge in [0.15, 0.2) is 0 Å². The van der Waals surface area contributed by atoms with Crippen LogP contribution in [0.3, 0.4) is 0 Å². The van der Waals surface area contributed by atoms with E-state index in [4.69, 9.17) is 10.5 Å². The molecular weight excluding hydrogens is 194 g/mol. The third-order valence-corrected chi connectivity index (χ3v) is 1.97. The number of nitrogens with zero attached hydrogens (tertiary/aromatic N) is 2. The third kappa shape index (κ3) is 3.83. The van der Waals surface area contributed by atoms with Gasteiger partial charge in [-0.1, -0.05) is 6.07 Å². The smallest absolute Gasteiger partial charge is 0.213 e. The summed E-state index contributed by atoms with van der Waals surface area (Å²) in [6, 6.07) is 5.39. The fourth-order valence-corrected chi connectivity index (χ4v) is 0.961. The Balaban J connectivity index is 2.50. The van der Waals surface area contributed by atoms with Crippen molar-refractivity contribution in [2.45, 2.75) is 12.8 Å². The quantitative estimate of drug-likeness (QED) is 0.660. The van der Waals surface area contributed by atoms with E-state index in [1.54, 1.807) is 25.1 Å². The molecule has 3 N–H and O–H groups in total. The van der Waals surface area contributed by atoms with E-state index in [1.807, 2.05) is 12.1 Å². The Morgan fingerprint density at radius 2 is 2.27 bits per heavy atom. The Hall–Kier alpha value is -1.17. The first-order chi connectivity index (χ1) is 7.13. The van der Waals surface area contributed by atoms with E-state index < -0.39 is 6.23 Å². The minimum atomic E-state index is -0.631. The Morgan fingerprint density at radius 1 is 1.53 bits per heavy atom. The number of rotatable bonds is 5. The number of aromatic nitrogens is 1. The molecular formula is C10H17N3O2. The lowest BCUT2D eigenvalue weighted by molar-refractivity contribution is 0.000620. The number of hydrogen-bond donors (Lipinski definition) is 2. The van der Waals surface area contributed by atoms with Gasteiger partial charge in [0.1, 0.15) is 12.8 Å². The van der Waals surface area contributed by atoms with E-state index in [1.165, 1.54) is 0 Å². The molecule has 0 amide bonds. The monoisotopic (exact) mass is 211 g/mol. The van der Waals surface area contributed by atoms with Crippen molar-refractivity contribution in [1.82, 2.24) is 9.88 Å². The van der Waals surface area contributed by atoms with Crippen molar-refractivity contribution in [2.75, 3.05) is 20.7 Å². The second-order valence-electron chi connectivity index (χ2n) is 3.43. The molecule has 0 fully saturated rings. The van der Waals surface area contributed by atoms with E-state index in [2.05, 4.69) is 4.98 Å². The summed E-state index contributed by atoms with van der Waals surface area (Å²) in [5.74, 6) is 0.485. The van der Waals surface area contributed by atoms with Crippen LogP contribution in [0.2, 0.25) is 0 Å². The van der Waals surface area contributed by atoms with Crippen molar-refractivity contribution in [3.63, 3.8) is 0 Å². The summed E-state index contributed by atoms with van der Waals surface area (Å²) in [5, 5.41) is 9.46. The van der Waals surface area contributed by atoms with Gasteiger partial charge in [0, 0.05) is 12.6 Å². The molecule has 1 aromatic rings. The summed E-state index contributed by atoms with van der Waals surface area (Å²) in [6.45, 7) is 0.571. The van der Waals surface area contributed by atoms with Gasteiger partial charge in [-0.05, 0) is 20.2 Å². The molecule has 15 heavy (non-hydrogen) atoms. The summed E-state index contributed by atoms with van der Waals surface area (Å²) in [7, 11) is 3.55. The van der Waals surface area contributed by atoms with Crippen molar-refractivity contribution >= 4 is 0 Å². The lowest BCUT2D eigenvalue weighted by Crippen LogP contribution is -2.33. The molecule has 84 valence electrons. The molecule has 0 aliphatic heterocycles. The van der Waals surface area contributed by atoms with Crippen molar-refractivity contribution < 1.29 is 9.84 Å². The zero-order valence-electron chi connectivity index (χ0n) is 9.05. The maximum absolute atomic E-state index is 9.46. The topological polar surface area (TPSA) is 71.6 Å². The van der Waals surface area contributed by atoms with Crippen molar-refractivity contribution in [3.8, 4) is 5.88 Å². The fourth-order valence-electron chi connectivity index (χ4n) is 0.961. The molecule has 0 aliphatic rings. The Labute approximate surface area is 89.5 Å². The molecule has 0 aliphatic carbocycles. The van der Waals surface area contributed by atoms with Crippen molar-refractivity contribution in [3.05, 3.63) is 23.9 Å². The number of nitrogens with two attached hydrogens (primary N) is 1. The van der Waals surface area contributed by atoms with Gasteiger partial charge in [-0.25, -0.2) is 4.98 Å².